The zero-order valence-corrected chi connectivity index (χ0v) is 12.3. The second-order valence-corrected chi connectivity index (χ2v) is 6.39. The first-order chi connectivity index (χ1) is 8.34. The maximum Gasteiger partial charge on any atom is 0.243 e. The van der Waals surface area contributed by atoms with Crippen LogP contribution in [0.25, 0.3) is 0 Å². The molecule has 0 heterocycles. The smallest absolute Gasteiger partial charge is 0.243 e. The lowest BCUT2D eigenvalue weighted by atomic mass is 10.1. The Morgan fingerprint density at radius 3 is 2.06 bits per heavy atom. The normalized spacial score (nSPS) is 12.1. The van der Waals surface area contributed by atoms with E-state index < -0.39 is 10.0 Å². The van der Waals surface area contributed by atoms with Crippen molar-refractivity contribution in [1.82, 2.24) is 4.31 Å². The molecule has 0 saturated carbocycles. The van der Waals surface area contributed by atoms with Crippen molar-refractivity contribution in [3.63, 3.8) is 0 Å². The van der Waals surface area contributed by atoms with Gasteiger partial charge in [-0.1, -0.05) is 24.6 Å². The van der Waals surface area contributed by atoms with E-state index in [0.29, 0.717) is 24.5 Å². The predicted molar refractivity (Wildman–Crippen MR) is 74.1 cm³/mol. The first-order valence-electron chi connectivity index (χ1n) is 6.12. The monoisotopic (exact) mass is 270 g/mol. The summed E-state index contributed by atoms with van der Waals surface area (Å²) in [6, 6.07) is 3.80. The van der Waals surface area contributed by atoms with Crippen LogP contribution in [0.2, 0.25) is 0 Å². The summed E-state index contributed by atoms with van der Waals surface area (Å²) >= 11 is 0. The van der Waals surface area contributed by atoms with E-state index >= 15 is 0 Å². The molecule has 0 spiro atoms. The number of nitrogens with zero attached hydrogens (tertiary/aromatic N) is 1. The zero-order valence-electron chi connectivity index (χ0n) is 11.5. The van der Waals surface area contributed by atoms with Crippen molar-refractivity contribution in [3.05, 3.63) is 28.8 Å². The maximum absolute atomic E-state index is 12.6. The summed E-state index contributed by atoms with van der Waals surface area (Å²) in [5.74, 6) is 0. The molecule has 0 saturated heterocycles. The molecule has 0 aliphatic rings. The Morgan fingerprint density at radius 1 is 1.17 bits per heavy atom. The van der Waals surface area contributed by atoms with E-state index in [1.54, 1.807) is 0 Å². The summed E-state index contributed by atoms with van der Waals surface area (Å²) in [5.41, 5.74) is 8.14. The number of likely N-dealkylation sites (N-methyl/N-ethyl adjacent to an activating group) is 1. The van der Waals surface area contributed by atoms with Gasteiger partial charge in [-0.3, -0.25) is 0 Å². The third kappa shape index (κ3) is 2.91. The SMILES string of the molecule is CCN(CCN)S(=O)(=O)c1c(C)cc(C)cc1C. The van der Waals surface area contributed by atoms with E-state index in [0.717, 1.165) is 16.7 Å². The van der Waals surface area contributed by atoms with Gasteiger partial charge >= 0.3 is 0 Å². The Bertz CT molecular complexity index is 501. The van der Waals surface area contributed by atoms with Gasteiger partial charge in [0.15, 0.2) is 0 Å². The van der Waals surface area contributed by atoms with E-state index in [1.807, 2.05) is 39.8 Å². The minimum absolute atomic E-state index is 0.330. The van der Waals surface area contributed by atoms with Crippen molar-refractivity contribution in [1.29, 1.82) is 0 Å². The number of nitrogens with two attached hydrogens (primary N) is 1. The first-order valence-corrected chi connectivity index (χ1v) is 7.56. The Kier molecular flexibility index (Phi) is 4.90. The lowest BCUT2D eigenvalue weighted by Crippen LogP contribution is -2.35. The second kappa shape index (κ2) is 5.82. The molecule has 0 bridgehead atoms. The summed E-state index contributed by atoms with van der Waals surface area (Å²) < 4.78 is 26.6. The van der Waals surface area contributed by atoms with Crippen LogP contribution in [0.15, 0.2) is 17.0 Å². The highest BCUT2D eigenvalue weighted by molar-refractivity contribution is 7.89. The van der Waals surface area contributed by atoms with E-state index in [1.165, 1.54) is 4.31 Å². The standard InChI is InChI=1S/C13H22N2O2S/c1-5-15(7-6-14)18(16,17)13-11(3)8-10(2)9-12(13)4/h8-9H,5-7,14H2,1-4H3. The average molecular weight is 270 g/mol. The van der Waals surface area contributed by atoms with Gasteiger partial charge in [0.05, 0.1) is 4.90 Å². The molecule has 1 rings (SSSR count). The van der Waals surface area contributed by atoms with Crippen molar-refractivity contribution in [2.75, 3.05) is 19.6 Å². The lowest BCUT2D eigenvalue weighted by molar-refractivity contribution is 0.434. The largest absolute Gasteiger partial charge is 0.329 e. The third-order valence-corrected chi connectivity index (χ3v) is 5.21. The van der Waals surface area contributed by atoms with Gasteiger partial charge in [-0.15, -0.1) is 0 Å². The summed E-state index contributed by atoms with van der Waals surface area (Å²) in [5, 5.41) is 0. The fourth-order valence-electron chi connectivity index (χ4n) is 2.30. The molecule has 5 heteroatoms. The molecular formula is C13H22N2O2S. The molecule has 0 fully saturated rings. The quantitative estimate of drug-likeness (QED) is 0.883. The van der Waals surface area contributed by atoms with E-state index in [2.05, 4.69) is 0 Å². The molecule has 2 N–H and O–H groups in total. The molecule has 1 aromatic rings. The van der Waals surface area contributed by atoms with Gasteiger partial charge in [-0.2, -0.15) is 4.31 Å². The molecule has 0 aliphatic heterocycles. The van der Waals surface area contributed by atoms with Crippen LogP contribution in [0.1, 0.15) is 23.6 Å². The molecule has 18 heavy (non-hydrogen) atoms. The molecule has 0 atom stereocenters. The Labute approximate surface area is 110 Å². The van der Waals surface area contributed by atoms with Crippen LogP contribution < -0.4 is 5.73 Å². The number of rotatable bonds is 5. The first kappa shape index (κ1) is 15.1. The topological polar surface area (TPSA) is 63.4 Å². The van der Waals surface area contributed by atoms with Gasteiger partial charge in [0, 0.05) is 19.6 Å². The van der Waals surface area contributed by atoms with E-state index in [-0.39, 0.29) is 0 Å². The van der Waals surface area contributed by atoms with Crippen LogP contribution in [0.3, 0.4) is 0 Å². The number of benzene rings is 1. The summed E-state index contributed by atoms with van der Waals surface area (Å²) in [6.07, 6.45) is 0. The number of sulfonamides is 1. The van der Waals surface area contributed by atoms with Gasteiger partial charge in [-0.25, -0.2) is 8.42 Å². The minimum atomic E-state index is -3.44. The van der Waals surface area contributed by atoms with Crippen LogP contribution in [0, 0.1) is 20.8 Å². The molecule has 0 aromatic heterocycles. The van der Waals surface area contributed by atoms with E-state index in [4.69, 9.17) is 5.73 Å². The molecule has 102 valence electrons. The van der Waals surface area contributed by atoms with Gasteiger partial charge in [0.25, 0.3) is 0 Å². The summed E-state index contributed by atoms with van der Waals surface area (Å²) in [7, 11) is -3.44. The summed E-state index contributed by atoms with van der Waals surface area (Å²) in [4.78, 5) is 0.420. The average Bonchev–Trinajstić information content (AvgIpc) is 2.23. The highest BCUT2D eigenvalue weighted by Gasteiger charge is 2.26. The second-order valence-electron chi connectivity index (χ2n) is 4.51. The van der Waals surface area contributed by atoms with Crippen molar-refractivity contribution < 1.29 is 8.42 Å². The Balaban J connectivity index is 3.36. The zero-order chi connectivity index (χ0) is 13.9. The molecule has 0 aliphatic carbocycles. The Hall–Kier alpha value is -0.910. The van der Waals surface area contributed by atoms with Crippen molar-refractivity contribution in [3.8, 4) is 0 Å². The molecular weight excluding hydrogens is 248 g/mol. The van der Waals surface area contributed by atoms with Crippen molar-refractivity contribution >= 4 is 10.0 Å². The summed E-state index contributed by atoms with van der Waals surface area (Å²) in [6.45, 7) is 8.58. The highest BCUT2D eigenvalue weighted by atomic mass is 32.2. The van der Waals surface area contributed by atoms with E-state index in [9.17, 15) is 8.42 Å². The number of hydrogen-bond donors (Lipinski definition) is 1. The third-order valence-electron chi connectivity index (χ3n) is 2.93. The highest BCUT2D eigenvalue weighted by Crippen LogP contribution is 2.24. The molecule has 0 radical (unpaired) electrons. The predicted octanol–water partition coefficient (Wildman–Crippen LogP) is 1.58. The maximum atomic E-state index is 12.6. The molecule has 0 amide bonds. The lowest BCUT2D eigenvalue weighted by Gasteiger charge is -2.22. The van der Waals surface area contributed by atoms with Gasteiger partial charge in [0.1, 0.15) is 0 Å². The number of aryl methyl sites for hydroxylation is 3. The fraction of sp³-hybridized carbons (Fsp3) is 0.538. The fourth-order valence-corrected chi connectivity index (χ4v) is 4.17. The Morgan fingerprint density at radius 2 is 1.67 bits per heavy atom. The van der Waals surface area contributed by atoms with Gasteiger partial charge in [0.2, 0.25) is 10.0 Å². The van der Waals surface area contributed by atoms with Gasteiger partial charge in [-0.05, 0) is 31.9 Å². The van der Waals surface area contributed by atoms with Crippen molar-refractivity contribution in [2.24, 2.45) is 5.73 Å². The molecule has 1 aromatic carbocycles. The van der Waals surface area contributed by atoms with Gasteiger partial charge < -0.3 is 5.73 Å². The van der Waals surface area contributed by atoms with Crippen LogP contribution in [0.4, 0.5) is 0 Å². The van der Waals surface area contributed by atoms with Crippen LogP contribution >= 0.6 is 0 Å². The van der Waals surface area contributed by atoms with Crippen molar-refractivity contribution in [2.45, 2.75) is 32.6 Å². The number of hydrogen-bond acceptors (Lipinski definition) is 3. The molecule has 4 nitrogen and oxygen atoms in total. The minimum Gasteiger partial charge on any atom is -0.329 e. The van der Waals surface area contributed by atoms with Crippen LogP contribution in [-0.2, 0) is 10.0 Å². The molecule has 0 unspecified atom stereocenters. The van der Waals surface area contributed by atoms with Crippen LogP contribution in [-0.4, -0.2) is 32.4 Å². The van der Waals surface area contributed by atoms with Crippen LogP contribution in [0.5, 0.6) is 0 Å².